The lowest BCUT2D eigenvalue weighted by atomic mass is 9.69. The predicted molar refractivity (Wildman–Crippen MR) is 82.4 cm³/mol. The fourth-order valence-corrected chi connectivity index (χ4v) is 3.28. The summed E-state index contributed by atoms with van der Waals surface area (Å²) in [6.45, 7) is 11.1. The average Bonchev–Trinajstić information content (AvgIpc) is 2.33. The van der Waals surface area contributed by atoms with Crippen molar-refractivity contribution in [1.82, 2.24) is 9.80 Å². The van der Waals surface area contributed by atoms with Gasteiger partial charge >= 0.3 is 0 Å². The molecule has 19 heavy (non-hydrogen) atoms. The first-order valence-electron chi connectivity index (χ1n) is 7.92. The van der Waals surface area contributed by atoms with E-state index in [4.69, 9.17) is 0 Å². The summed E-state index contributed by atoms with van der Waals surface area (Å²) in [5.41, 5.74) is 0.103. The van der Waals surface area contributed by atoms with Gasteiger partial charge in [-0.3, -0.25) is 0 Å². The van der Waals surface area contributed by atoms with Crippen LogP contribution in [-0.4, -0.2) is 61.3 Å². The van der Waals surface area contributed by atoms with E-state index in [1.807, 2.05) is 0 Å². The van der Waals surface area contributed by atoms with Crippen molar-refractivity contribution in [3.05, 3.63) is 0 Å². The molecule has 3 heteroatoms. The van der Waals surface area contributed by atoms with E-state index in [1.165, 1.54) is 19.3 Å². The Hall–Kier alpha value is -0.120. The van der Waals surface area contributed by atoms with Crippen LogP contribution < -0.4 is 0 Å². The van der Waals surface area contributed by atoms with Crippen molar-refractivity contribution in [3.63, 3.8) is 0 Å². The quantitative estimate of drug-likeness (QED) is 0.770. The fourth-order valence-electron chi connectivity index (χ4n) is 3.28. The molecular weight excluding hydrogens is 236 g/mol. The molecule has 1 N–H and O–H groups in total. The minimum Gasteiger partial charge on any atom is -0.392 e. The third kappa shape index (κ3) is 5.41. The topological polar surface area (TPSA) is 26.7 Å². The summed E-state index contributed by atoms with van der Waals surface area (Å²) in [5.74, 6) is 0.461. The third-order valence-corrected chi connectivity index (χ3v) is 4.66. The highest BCUT2D eigenvalue weighted by Gasteiger charge is 2.37. The average molecular weight is 270 g/mol. The number of hydrogen-bond donors (Lipinski definition) is 1. The molecule has 1 saturated carbocycles. The van der Waals surface area contributed by atoms with Crippen LogP contribution in [0, 0.1) is 11.3 Å². The Morgan fingerprint density at radius 3 is 2.47 bits per heavy atom. The second-order valence-corrected chi connectivity index (χ2v) is 7.14. The van der Waals surface area contributed by atoms with E-state index >= 15 is 0 Å². The normalized spacial score (nSPS) is 27.2. The van der Waals surface area contributed by atoms with Crippen molar-refractivity contribution in [3.8, 4) is 0 Å². The summed E-state index contributed by atoms with van der Waals surface area (Å²) >= 11 is 0. The van der Waals surface area contributed by atoms with Crippen LogP contribution in [0.3, 0.4) is 0 Å². The summed E-state index contributed by atoms with van der Waals surface area (Å²) in [6, 6.07) is 0. The maximum atomic E-state index is 10.5. The number of aliphatic hydroxyl groups is 1. The number of rotatable bonds is 7. The lowest BCUT2D eigenvalue weighted by molar-refractivity contribution is -0.0426. The minimum atomic E-state index is -0.135. The molecule has 0 radical (unpaired) electrons. The van der Waals surface area contributed by atoms with Gasteiger partial charge in [0.05, 0.1) is 6.10 Å². The molecule has 3 nitrogen and oxygen atoms in total. The van der Waals surface area contributed by atoms with Crippen molar-refractivity contribution in [1.29, 1.82) is 0 Å². The molecule has 1 rings (SSSR count). The molecule has 0 amide bonds. The van der Waals surface area contributed by atoms with E-state index in [0.29, 0.717) is 5.92 Å². The molecule has 0 aliphatic heterocycles. The number of aliphatic hydroxyl groups excluding tert-OH is 1. The second-order valence-electron chi connectivity index (χ2n) is 7.14. The van der Waals surface area contributed by atoms with E-state index in [2.05, 4.69) is 44.7 Å². The van der Waals surface area contributed by atoms with Gasteiger partial charge in [0.15, 0.2) is 0 Å². The Kier molecular flexibility index (Phi) is 6.78. The Morgan fingerprint density at radius 1 is 1.21 bits per heavy atom. The summed E-state index contributed by atoms with van der Waals surface area (Å²) in [7, 11) is 4.26. The van der Waals surface area contributed by atoms with Gasteiger partial charge in [0.25, 0.3) is 0 Å². The molecule has 2 atom stereocenters. The lowest BCUT2D eigenvalue weighted by Gasteiger charge is -2.42. The summed E-state index contributed by atoms with van der Waals surface area (Å²) in [5, 5.41) is 10.5. The van der Waals surface area contributed by atoms with Gasteiger partial charge in [-0.25, -0.2) is 0 Å². The second kappa shape index (κ2) is 7.61. The summed E-state index contributed by atoms with van der Waals surface area (Å²) in [4.78, 5) is 4.76. The Balaban J connectivity index is 2.41. The molecule has 114 valence electrons. The molecule has 0 spiro atoms. The van der Waals surface area contributed by atoms with Crippen molar-refractivity contribution < 1.29 is 5.11 Å². The third-order valence-electron chi connectivity index (χ3n) is 4.66. The van der Waals surface area contributed by atoms with Gasteiger partial charge in [0, 0.05) is 6.54 Å². The van der Waals surface area contributed by atoms with Gasteiger partial charge in [-0.15, -0.1) is 0 Å². The molecule has 0 aromatic rings. The van der Waals surface area contributed by atoms with Gasteiger partial charge < -0.3 is 14.9 Å². The molecule has 0 heterocycles. The van der Waals surface area contributed by atoms with Gasteiger partial charge in [0.1, 0.15) is 0 Å². The molecule has 0 aromatic heterocycles. The van der Waals surface area contributed by atoms with Gasteiger partial charge in [-0.1, -0.05) is 27.2 Å². The van der Waals surface area contributed by atoms with Crippen molar-refractivity contribution in [2.45, 2.75) is 52.6 Å². The van der Waals surface area contributed by atoms with Crippen molar-refractivity contribution >= 4 is 0 Å². The minimum absolute atomic E-state index is 0.103. The number of hydrogen-bond acceptors (Lipinski definition) is 3. The molecule has 1 fully saturated rings. The van der Waals surface area contributed by atoms with Crippen LogP contribution in [0.2, 0.25) is 0 Å². The first-order chi connectivity index (χ1) is 8.86. The van der Waals surface area contributed by atoms with E-state index < -0.39 is 0 Å². The molecule has 2 unspecified atom stereocenters. The maximum absolute atomic E-state index is 10.5. The van der Waals surface area contributed by atoms with E-state index in [0.717, 1.165) is 32.6 Å². The Morgan fingerprint density at radius 2 is 1.89 bits per heavy atom. The standard InChI is InChI=1S/C16H34N2O/c1-6-18(12-8-11-17(4)5)13-14-9-7-10-16(2,3)15(14)19/h14-15,19H,6-13H2,1-5H3. The molecule has 0 aromatic carbocycles. The van der Waals surface area contributed by atoms with Gasteiger partial charge in [-0.2, -0.15) is 0 Å². The lowest BCUT2D eigenvalue weighted by Crippen LogP contribution is -2.45. The molecule has 0 saturated heterocycles. The summed E-state index contributed by atoms with van der Waals surface area (Å²) < 4.78 is 0. The van der Waals surface area contributed by atoms with Crippen LogP contribution in [-0.2, 0) is 0 Å². The first kappa shape index (κ1) is 16.9. The van der Waals surface area contributed by atoms with Crippen LogP contribution in [0.1, 0.15) is 46.5 Å². The van der Waals surface area contributed by atoms with Crippen molar-refractivity contribution in [2.24, 2.45) is 11.3 Å². The zero-order chi connectivity index (χ0) is 14.5. The van der Waals surface area contributed by atoms with E-state index in [9.17, 15) is 5.11 Å². The van der Waals surface area contributed by atoms with Crippen LogP contribution in [0.5, 0.6) is 0 Å². The molecule has 1 aliphatic rings. The number of nitrogens with zero attached hydrogens (tertiary/aromatic N) is 2. The van der Waals surface area contributed by atoms with Crippen LogP contribution >= 0.6 is 0 Å². The highest BCUT2D eigenvalue weighted by Crippen LogP contribution is 2.39. The highest BCUT2D eigenvalue weighted by molar-refractivity contribution is 4.89. The monoisotopic (exact) mass is 270 g/mol. The fraction of sp³-hybridized carbons (Fsp3) is 1.00. The van der Waals surface area contributed by atoms with E-state index in [-0.39, 0.29) is 11.5 Å². The molecule has 1 aliphatic carbocycles. The molecule has 0 bridgehead atoms. The van der Waals surface area contributed by atoms with Gasteiger partial charge in [-0.05, 0) is 64.3 Å². The molecular formula is C16H34N2O. The Bertz CT molecular complexity index is 253. The van der Waals surface area contributed by atoms with Crippen LogP contribution in [0.4, 0.5) is 0 Å². The zero-order valence-electron chi connectivity index (χ0n) is 13.7. The summed E-state index contributed by atoms with van der Waals surface area (Å²) in [6.07, 6.45) is 4.70. The smallest absolute Gasteiger partial charge is 0.0631 e. The van der Waals surface area contributed by atoms with Crippen LogP contribution in [0.25, 0.3) is 0 Å². The van der Waals surface area contributed by atoms with Crippen LogP contribution in [0.15, 0.2) is 0 Å². The highest BCUT2D eigenvalue weighted by atomic mass is 16.3. The predicted octanol–water partition coefficient (Wildman–Crippen LogP) is 2.45. The van der Waals surface area contributed by atoms with Gasteiger partial charge in [0.2, 0.25) is 0 Å². The maximum Gasteiger partial charge on any atom is 0.0631 e. The zero-order valence-corrected chi connectivity index (χ0v) is 13.7. The Labute approximate surface area is 120 Å². The van der Waals surface area contributed by atoms with E-state index in [1.54, 1.807) is 0 Å². The largest absolute Gasteiger partial charge is 0.392 e. The van der Waals surface area contributed by atoms with Crippen molar-refractivity contribution in [2.75, 3.05) is 40.3 Å². The SMILES string of the molecule is CCN(CCCN(C)C)CC1CCCC(C)(C)C1O. The first-order valence-corrected chi connectivity index (χ1v) is 7.92.